The number of nitrogens with one attached hydrogen (secondary N) is 1. The predicted molar refractivity (Wildman–Crippen MR) is 217 cm³/mol. The number of H-pyrrole nitrogens is 1. The Morgan fingerprint density at radius 3 is 1.67 bits per heavy atom. The lowest BCUT2D eigenvalue weighted by atomic mass is 10.1. The average molecular weight is 834 g/mol. The van der Waals surface area contributed by atoms with Gasteiger partial charge in [0, 0.05) is 59.8 Å². The Hall–Kier alpha value is -7.52. The predicted octanol–water partition coefficient (Wildman–Crippen LogP) is 6.47. The molecular weight excluding hydrogens is 804 g/mol. The fourth-order valence-electron chi connectivity index (χ4n) is 6.86. The van der Waals surface area contributed by atoms with Crippen LogP contribution >= 0.6 is 15.9 Å². The molecule has 0 atom stereocenters. The summed E-state index contributed by atoms with van der Waals surface area (Å²) in [7, 11) is 0. The van der Waals surface area contributed by atoms with Crippen LogP contribution in [0.1, 0.15) is 17.1 Å². The zero-order valence-corrected chi connectivity index (χ0v) is 31.9. The first-order valence-corrected chi connectivity index (χ1v) is 18.7. The topological polar surface area (TPSA) is 169 Å². The van der Waals surface area contributed by atoms with Gasteiger partial charge in [-0.1, -0.05) is 0 Å². The second-order valence-corrected chi connectivity index (χ2v) is 13.8. The van der Waals surface area contributed by atoms with Gasteiger partial charge in [0.05, 0.1) is 45.3 Å². The molecule has 0 radical (unpaired) electrons. The number of hydrogen-bond donors (Lipinski definition) is 1. The summed E-state index contributed by atoms with van der Waals surface area (Å²) < 4.78 is 20.7. The molecule has 0 unspecified atom stereocenters. The largest absolute Gasteiger partial charge is 0.485 e. The molecule has 58 heavy (non-hydrogen) atoms. The van der Waals surface area contributed by atoms with Crippen LogP contribution < -0.4 is 30.9 Å². The maximum absolute atomic E-state index is 12.6. The zero-order chi connectivity index (χ0) is 39.6. The molecule has 0 spiro atoms. The third kappa shape index (κ3) is 6.83. The van der Waals surface area contributed by atoms with Crippen molar-refractivity contribution in [1.29, 1.82) is 0 Å². The summed E-state index contributed by atoms with van der Waals surface area (Å²) in [5, 5.41) is 0. The van der Waals surface area contributed by atoms with E-state index in [-0.39, 0.29) is 16.7 Å². The van der Waals surface area contributed by atoms with Crippen LogP contribution in [0.3, 0.4) is 0 Å². The number of halogens is 1. The number of nitrogens with zero attached hydrogens (tertiary/aromatic N) is 7. The summed E-state index contributed by atoms with van der Waals surface area (Å²) in [5.74, 6) is 2.22. The van der Waals surface area contributed by atoms with Crippen molar-refractivity contribution in [3.63, 3.8) is 0 Å². The number of pyridine rings is 8. The molecule has 8 aromatic rings. The molecule has 0 bridgehead atoms. The molecule has 0 fully saturated rings. The normalized spacial score (nSPS) is 12.3. The maximum atomic E-state index is 12.6. The number of fused-ring (bicyclic) bond motifs is 9. The van der Waals surface area contributed by atoms with Crippen molar-refractivity contribution in [2.45, 2.75) is 19.8 Å². The van der Waals surface area contributed by atoms with Gasteiger partial charge in [0.15, 0.2) is 0 Å². The van der Waals surface area contributed by atoms with Crippen molar-refractivity contribution in [3.8, 4) is 62.4 Å². The Labute approximate surface area is 337 Å². The number of ether oxygens (including phenoxy) is 3. The number of aromatic nitrogens is 8. The lowest BCUT2D eigenvalue weighted by molar-refractivity contribution is 0.292. The van der Waals surface area contributed by atoms with E-state index in [4.69, 9.17) is 14.2 Å². The Morgan fingerprint density at radius 2 is 1.07 bits per heavy atom. The summed E-state index contributed by atoms with van der Waals surface area (Å²) in [6.07, 6.45) is 11.8. The van der Waals surface area contributed by atoms with Crippen LogP contribution in [0.5, 0.6) is 17.2 Å². The van der Waals surface area contributed by atoms with Gasteiger partial charge in [0.25, 0.3) is 11.1 Å². The number of hydrogen-bond acceptors (Lipinski definition) is 11. The van der Waals surface area contributed by atoms with E-state index in [0.717, 1.165) is 73.8 Å². The van der Waals surface area contributed by atoms with E-state index in [0.29, 0.717) is 30.0 Å². The summed E-state index contributed by atoms with van der Waals surface area (Å²) in [5.41, 5.74) is 8.44. The van der Waals surface area contributed by atoms with E-state index in [1.54, 1.807) is 88.9 Å². The summed E-state index contributed by atoms with van der Waals surface area (Å²) in [4.78, 5) is 59.9. The molecule has 15 heteroatoms. The molecule has 284 valence electrons. The lowest BCUT2D eigenvalue weighted by Gasteiger charge is -2.23. The Balaban J connectivity index is 0.000000115. The van der Waals surface area contributed by atoms with E-state index in [2.05, 4.69) is 45.8 Å². The van der Waals surface area contributed by atoms with Crippen LogP contribution in [-0.4, -0.2) is 39.0 Å². The van der Waals surface area contributed by atoms with Crippen LogP contribution in [0.15, 0.2) is 153 Å². The molecule has 11 heterocycles. The Kier molecular flexibility index (Phi) is 9.69. The molecule has 0 amide bonds. The van der Waals surface area contributed by atoms with Gasteiger partial charge in [-0.2, -0.15) is 0 Å². The maximum Gasteiger partial charge on any atom is 0.269 e. The van der Waals surface area contributed by atoms with Crippen LogP contribution in [0.25, 0.3) is 45.1 Å². The molecule has 3 aliphatic heterocycles. The number of aromatic amines is 1. The van der Waals surface area contributed by atoms with Gasteiger partial charge >= 0.3 is 0 Å². The molecule has 0 aromatic carbocycles. The van der Waals surface area contributed by atoms with Crippen molar-refractivity contribution >= 4 is 15.9 Å². The van der Waals surface area contributed by atoms with E-state index in [1.807, 2.05) is 48.5 Å². The fraction of sp³-hybridized carbons (Fsp3) is 0.0698. The van der Waals surface area contributed by atoms with Crippen molar-refractivity contribution in [3.05, 3.63) is 187 Å². The van der Waals surface area contributed by atoms with E-state index in [9.17, 15) is 14.4 Å². The minimum Gasteiger partial charge on any atom is -0.485 e. The van der Waals surface area contributed by atoms with E-state index in [1.165, 1.54) is 6.07 Å². The summed E-state index contributed by atoms with van der Waals surface area (Å²) in [6, 6.07) is 26.9. The fourth-order valence-corrected chi connectivity index (χ4v) is 7.26. The van der Waals surface area contributed by atoms with E-state index < -0.39 is 0 Å². The van der Waals surface area contributed by atoms with Crippen molar-refractivity contribution < 1.29 is 14.2 Å². The molecule has 3 aliphatic rings. The SMILES string of the molecule is O=c1c(Br)cc2c(n1-c1cccnc1)COc1cccnc1-2.O=c1ccc2c([nH]1)COc1cccnc1-2.O=c1ccc2c(n1-c1cccnc1)COc1cccnc1-2. The van der Waals surface area contributed by atoms with Crippen molar-refractivity contribution in [2.75, 3.05) is 0 Å². The monoisotopic (exact) mass is 832 g/mol. The van der Waals surface area contributed by atoms with Crippen LogP contribution in [0.2, 0.25) is 0 Å². The highest BCUT2D eigenvalue weighted by atomic mass is 79.9. The van der Waals surface area contributed by atoms with Gasteiger partial charge in [0.1, 0.15) is 54.2 Å². The molecule has 0 saturated carbocycles. The Bertz CT molecular complexity index is 3010. The third-order valence-corrected chi connectivity index (χ3v) is 10.0. The molecule has 0 aliphatic carbocycles. The minimum absolute atomic E-state index is 0.107. The molecule has 1 N–H and O–H groups in total. The van der Waals surface area contributed by atoms with Gasteiger partial charge < -0.3 is 19.2 Å². The minimum atomic E-state index is -0.144. The number of rotatable bonds is 2. The zero-order valence-electron chi connectivity index (χ0n) is 30.3. The van der Waals surface area contributed by atoms with Crippen LogP contribution in [0.4, 0.5) is 0 Å². The first kappa shape index (κ1) is 36.1. The highest BCUT2D eigenvalue weighted by Gasteiger charge is 2.25. The lowest BCUT2D eigenvalue weighted by Crippen LogP contribution is -2.26. The molecule has 11 rings (SSSR count). The first-order valence-electron chi connectivity index (χ1n) is 17.9. The smallest absolute Gasteiger partial charge is 0.269 e. The highest BCUT2D eigenvalue weighted by Crippen LogP contribution is 2.38. The van der Waals surface area contributed by atoms with Gasteiger partial charge in [-0.05, 0) is 94.8 Å². The standard InChI is InChI=1S/C16H10BrN3O2.C16H11N3O2.C11H8N2O2/c17-12-7-11-13(9-22-14-4-2-6-19-15(11)14)20(16(12)21)10-3-1-5-18-8-10;20-15-6-5-12-13(19(15)11-3-1-7-17-9-11)10-21-14-4-2-8-18-16(12)14;14-10-4-3-7-8(13-10)6-15-9-2-1-5-12-11(7)9/h1-8H,9H2;1-9H,10H2;1-5H,6H2,(H,13,14). The first-order chi connectivity index (χ1) is 28.4. The molecule has 0 saturated heterocycles. The highest BCUT2D eigenvalue weighted by molar-refractivity contribution is 9.10. The molecule has 14 nitrogen and oxygen atoms in total. The van der Waals surface area contributed by atoms with Gasteiger partial charge in [-0.15, -0.1) is 0 Å². The second-order valence-electron chi connectivity index (χ2n) is 12.9. The van der Waals surface area contributed by atoms with Crippen LogP contribution in [-0.2, 0) is 19.8 Å². The molecule has 8 aromatic heterocycles. The Morgan fingerprint density at radius 1 is 0.552 bits per heavy atom. The van der Waals surface area contributed by atoms with Gasteiger partial charge in [-0.3, -0.25) is 48.4 Å². The second kappa shape index (κ2) is 15.5. The van der Waals surface area contributed by atoms with Gasteiger partial charge in [0.2, 0.25) is 5.56 Å². The molecular formula is C43H29BrN8O6. The average Bonchev–Trinajstić information content (AvgIpc) is 3.27. The van der Waals surface area contributed by atoms with Gasteiger partial charge in [-0.25, -0.2) is 0 Å². The van der Waals surface area contributed by atoms with Crippen molar-refractivity contribution in [2.24, 2.45) is 0 Å². The summed E-state index contributed by atoms with van der Waals surface area (Å²) in [6.45, 7) is 1.04. The van der Waals surface area contributed by atoms with Crippen molar-refractivity contribution in [1.82, 2.24) is 39.0 Å². The van der Waals surface area contributed by atoms with Crippen LogP contribution in [0, 0.1) is 0 Å². The third-order valence-electron chi connectivity index (χ3n) is 9.44. The quantitative estimate of drug-likeness (QED) is 0.203. The van der Waals surface area contributed by atoms with E-state index >= 15 is 0 Å². The summed E-state index contributed by atoms with van der Waals surface area (Å²) >= 11 is 3.35.